The molecule has 28 heavy (non-hydrogen) atoms. The lowest BCUT2D eigenvalue weighted by Crippen LogP contribution is -2.35. The first-order chi connectivity index (χ1) is 13.5. The fourth-order valence-corrected chi connectivity index (χ4v) is 4.62. The average molecular weight is 427 g/mol. The van der Waals surface area contributed by atoms with Crippen LogP contribution in [0, 0.1) is 11.8 Å². The summed E-state index contributed by atoms with van der Waals surface area (Å²) in [5.41, 5.74) is 0. The molecular formula is C16H22N6O4S2. The van der Waals surface area contributed by atoms with Crippen LogP contribution in [0.25, 0.3) is 0 Å². The highest BCUT2D eigenvalue weighted by Crippen LogP contribution is 2.28. The molecule has 152 valence electrons. The van der Waals surface area contributed by atoms with Crippen molar-refractivity contribution < 1.29 is 19.2 Å². The standard InChI is InChI=1S/C16H22N6O4S2/c23-11-7-27-15(19-11)21-13(25)17-5-9-2-1-3-10(4-9)6-18-14(26)22-16-20-12(24)8-28-16/h9-10H,1-8H2,(H2,17,19,21,23,25)(H2,18,20,22,24,26)/t9-,10-/m1/s1. The third-order valence-corrected chi connectivity index (χ3v) is 6.30. The van der Waals surface area contributed by atoms with Crippen molar-refractivity contribution in [2.75, 3.05) is 24.6 Å². The van der Waals surface area contributed by atoms with Crippen LogP contribution in [0.4, 0.5) is 9.59 Å². The molecule has 2 atom stereocenters. The first kappa shape index (κ1) is 20.6. The van der Waals surface area contributed by atoms with E-state index in [4.69, 9.17) is 0 Å². The average Bonchev–Trinajstić information content (AvgIpc) is 3.26. The maximum Gasteiger partial charge on any atom is 0.343 e. The number of urea groups is 2. The van der Waals surface area contributed by atoms with Gasteiger partial charge in [-0.3, -0.25) is 9.59 Å². The van der Waals surface area contributed by atoms with Crippen LogP contribution in [0.3, 0.4) is 0 Å². The summed E-state index contributed by atoms with van der Waals surface area (Å²) in [6, 6.07) is -0.904. The van der Waals surface area contributed by atoms with E-state index in [2.05, 4.69) is 31.3 Å². The van der Waals surface area contributed by atoms with Gasteiger partial charge in [0, 0.05) is 13.1 Å². The summed E-state index contributed by atoms with van der Waals surface area (Å²) in [6.45, 7) is 1.04. The van der Waals surface area contributed by atoms with E-state index < -0.39 is 12.1 Å². The molecule has 0 aromatic heterocycles. The fraction of sp³-hybridized carbons (Fsp3) is 0.625. The predicted octanol–water partition coefficient (Wildman–Crippen LogP) is 0.650. The minimum atomic E-state index is -0.452. The van der Waals surface area contributed by atoms with Crippen LogP contribution in [0.1, 0.15) is 25.7 Å². The topological polar surface area (TPSA) is 141 Å². The second-order valence-corrected chi connectivity index (χ2v) is 8.71. The van der Waals surface area contributed by atoms with Crippen molar-refractivity contribution in [3.05, 3.63) is 0 Å². The highest BCUT2D eigenvalue weighted by atomic mass is 32.2. The zero-order valence-corrected chi connectivity index (χ0v) is 16.8. The van der Waals surface area contributed by atoms with Gasteiger partial charge in [-0.15, -0.1) is 0 Å². The Morgan fingerprint density at radius 3 is 1.75 bits per heavy atom. The molecule has 12 heteroatoms. The van der Waals surface area contributed by atoms with Gasteiger partial charge in [-0.25, -0.2) is 9.59 Å². The monoisotopic (exact) mass is 426 g/mol. The number of thioether (sulfide) groups is 2. The number of carbonyl (C=O) groups is 4. The zero-order valence-electron chi connectivity index (χ0n) is 15.2. The molecule has 6 amide bonds. The van der Waals surface area contributed by atoms with E-state index in [-0.39, 0.29) is 11.8 Å². The number of nitrogens with one attached hydrogen (secondary N) is 4. The highest BCUT2D eigenvalue weighted by Gasteiger charge is 2.24. The van der Waals surface area contributed by atoms with Crippen LogP contribution < -0.4 is 21.3 Å². The Kier molecular flexibility index (Phi) is 7.31. The first-order valence-corrected chi connectivity index (χ1v) is 11.0. The van der Waals surface area contributed by atoms with Crippen molar-refractivity contribution in [1.29, 1.82) is 0 Å². The first-order valence-electron chi connectivity index (χ1n) is 9.06. The molecule has 1 aliphatic carbocycles. The number of aliphatic imine (C=N–C) groups is 2. The normalized spacial score (nSPS) is 27.6. The van der Waals surface area contributed by atoms with E-state index >= 15 is 0 Å². The maximum absolute atomic E-state index is 11.9. The lowest BCUT2D eigenvalue weighted by molar-refractivity contribution is -0.117. The van der Waals surface area contributed by atoms with Crippen molar-refractivity contribution in [3.63, 3.8) is 0 Å². The van der Waals surface area contributed by atoms with Crippen molar-refractivity contribution in [1.82, 2.24) is 21.3 Å². The molecule has 3 aliphatic rings. The minimum absolute atomic E-state index is 0.146. The zero-order chi connectivity index (χ0) is 19.9. The molecule has 0 radical (unpaired) electrons. The molecule has 2 aliphatic heterocycles. The molecule has 2 heterocycles. The summed E-state index contributed by atoms with van der Waals surface area (Å²) in [7, 11) is 0. The predicted molar refractivity (Wildman–Crippen MR) is 108 cm³/mol. The number of amides is 6. The number of carbonyl (C=O) groups excluding carboxylic acids is 4. The Labute approximate surface area is 170 Å². The number of hydrogen-bond acceptors (Lipinski definition) is 6. The maximum atomic E-state index is 11.9. The SMILES string of the molecule is O=C1CS/C(=N\C(=O)NC[C@@H]2CCC[C@@H](CNC(=O)/N=C3\NC(=O)CS3)C2)N1. The Bertz CT molecular complexity index is 668. The van der Waals surface area contributed by atoms with E-state index in [0.29, 0.717) is 46.8 Å². The summed E-state index contributed by atoms with van der Waals surface area (Å²) >= 11 is 2.43. The Morgan fingerprint density at radius 1 is 0.893 bits per heavy atom. The van der Waals surface area contributed by atoms with E-state index in [9.17, 15) is 19.2 Å². The van der Waals surface area contributed by atoms with Gasteiger partial charge in [0.05, 0.1) is 11.5 Å². The van der Waals surface area contributed by atoms with Crippen LogP contribution in [0.5, 0.6) is 0 Å². The van der Waals surface area contributed by atoms with Gasteiger partial charge in [-0.1, -0.05) is 29.9 Å². The molecule has 1 saturated carbocycles. The molecule has 0 bridgehead atoms. The van der Waals surface area contributed by atoms with Crippen molar-refractivity contribution in [2.45, 2.75) is 25.7 Å². The quantitative estimate of drug-likeness (QED) is 0.520. The molecule has 0 aromatic carbocycles. The molecule has 0 unspecified atom stereocenters. The summed E-state index contributed by atoms with van der Waals surface area (Å²) < 4.78 is 0. The van der Waals surface area contributed by atoms with Gasteiger partial charge in [0.2, 0.25) is 11.8 Å². The summed E-state index contributed by atoms with van der Waals surface area (Å²) in [6.07, 6.45) is 3.95. The van der Waals surface area contributed by atoms with Gasteiger partial charge in [0.25, 0.3) is 0 Å². The molecule has 3 fully saturated rings. The fourth-order valence-electron chi connectivity index (χ4n) is 3.27. The van der Waals surface area contributed by atoms with E-state index in [1.807, 2.05) is 0 Å². The second-order valence-electron chi connectivity index (χ2n) is 6.78. The largest absolute Gasteiger partial charge is 0.343 e. The van der Waals surface area contributed by atoms with Crippen LogP contribution >= 0.6 is 23.5 Å². The van der Waals surface area contributed by atoms with Crippen LogP contribution in [0.2, 0.25) is 0 Å². The Balaban J connectivity index is 1.36. The number of nitrogens with zero attached hydrogens (tertiary/aromatic N) is 2. The van der Waals surface area contributed by atoms with Gasteiger partial charge < -0.3 is 21.3 Å². The Morgan fingerprint density at radius 2 is 1.36 bits per heavy atom. The lowest BCUT2D eigenvalue weighted by Gasteiger charge is -2.29. The van der Waals surface area contributed by atoms with E-state index in [1.165, 1.54) is 23.5 Å². The van der Waals surface area contributed by atoms with Gasteiger partial charge in [0.1, 0.15) is 0 Å². The lowest BCUT2D eigenvalue weighted by atomic mass is 9.81. The second kappa shape index (κ2) is 9.92. The van der Waals surface area contributed by atoms with Gasteiger partial charge in [0.15, 0.2) is 10.3 Å². The van der Waals surface area contributed by atoms with Gasteiger partial charge in [-0.05, 0) is 31.1 Å². The van der Waals surface area contributed by atoms with Gasteiger partial charge >= 0.3 is 12.1 Å². The molecule has 2 saturated heterocycles. The van der Waals surface area contributed by atoms with E-state index in [1.54, 1.807) is 0 Å². The number of hydrogen-bond donors (Lipinski definition) is 4. The third-order valence-electron chi connectivity index (χ3n) is 4.55. The summed E-state index contributed by atoms with van der Waals surface area (Å²) in [5.74, 6) is 0.932. The van der Waals surface area contributed by atoms with Crippen LogP contribution in [-0.4, -0.2) is 58.8 Å². The van der Waals surface area contributed by atoms with Crippen molar-refractivity contribution in [3.8, 4) is 0 Å². The van der Waals surface area contributed by atoms with Gasteiger partial charge in [-0.2, -0.15) is 9.98 Å². The number of rotatable bonds is 4. The molecule has 10 nitrogen and oxygen atoms in total. The number of amidine groups is 2. The summed E-state index contributed by atoms with van der Waals surface area (Å²) in [4.78, 5) is 53.6. The van der Waals surface area contributed by atoms with E-state index in [0.717, 1.165) is 25.7 Å². The molecule has 4 N–H and O–H groups in total. The smallest absolute Gasteiger partial charge is 0.336 e. The molecular weight excluding hydrogens is 404 g/mol. The van der Waals surface area contributed by atoms with Crippen LogP contribution in [-0.2, 0) is 9.59 Å². The van der Waals surface area contributed by atoms with Crippen LogP contribution in [0.15, 0.2) is 9.98 Å². The molecule has 0 aromatic rings. The third kappa shape index (κ3) is 6.51. The van der Waals surface area contributed by atoms with Crippen molar-refractivity contribution in [2.24, 2.45) is 21.8 Å². The molecule has 3 rings (SSSR count). The highest BCUT2D eigenvalue weighted by molar-refractivity contribution is 8.15. The molecule has 0 spiro atoms. The van der Waals surface area contributed by atoms with Crippen molar-refractivity contribution >= 4 is 57.7 Å². The summed E-state index contributed by atoms with van der Waals surface area (Å²) in [5, 5.41) is 11.3. The Hall–Kier alpha value is -2.08. The minimum Gasteiger partial charge on any atom is -0.336 e.